The molecule has 0 spiro atoms. The van der Waals surface area contributed by atoms with Gasteiger partial charge < -0.3 is 0 Å². The summed E-state index contributed by atoms with van der Waals surface area (Å²) in [6.07, 6.45) is 10.0. The van der Waals surface area contributed by atoms with Crippen molar-refractivity contribution in [3.8, 4) is 6.07 Å². The van der Waals surface area contributed by atoms with Crippen molar-refractivity contribution in [1.29, 1.82) is 5.26 Å². The summed E-state index contributed by atoms with van der Waals surface area (Å²) in [7, 11) is 0. The molecule has 0 saturated heterocycles. The van der Waals surface area contributed by atoms with Gasteiger partial charge in [-0.05, 0) is 44.6 Å². The van der Waals surface area contributed by atoms with Crippen molar-refractivity contribution in [2.45, 2.75) is 60.4 Å². The fourth-order valence-electron chi connectivity index (χ4n) is 2.73. The molecule has 2 unspecified atom stereocenters. The third-order valence-corrected chi connectivity index (χ3v) is 5.04. The molecule has 1 N–H and O–H groups in total. The van der Waals surface area contributed by atoms with E-state index in [9.17, 15) is 5.26 Å². The highest BCUT2D eigenvalue weighted by atomic mass is 32.2. The normalized spacial score (nSPS) is 30.8. The summed E-state index contributed by atoms with van der Waals surface area (Å²) in [4.78, 5) is 8.21. The molecule has 0 radical (unpaired) electrons. The van der Waals surface area contributed by atoms with E-state index in [2.05, 4.69) is 21.4 Å². The Balaban J connectivity index is 1.65. The van der Waals surface area contributed by atoms with E-state index in [0.29, 0.717) is 11.3 Å². The number of nitrogens with one attached hydrogen (secondary N) is 1. The minimum Gasteiger partial charge on any atom is -0.297 e. The lowest BCUT2D eigenvalue weighted by atomic mass is 9.82. The third-order valence-electron chi connectivity index (χ3n) is 3.82. The second-order valence-corrected chi connectivity index (χ2v) is 6.82. The van der Waals surface area contributed by atoms with Crippen LogP contribution >= 0.6 is 11.8 Å². The number of rotatable bonds is 4. The fourth-order valence-corrected chi connectivity index (χ4v) is 3.97. The Hall–Kier alpha value is -1.12. The second kappa shape index (κ2) is 5.48. The van der Waals surface area contributed by atoms with E-state index >= 15 is 0 Å². The number of nitriles is 1. The maximum atomic E-state index is 9.55. The zero-order valence-electron chi connectivity index (χ0n) is 10.9. The summed E-state index contributed by atoms with van der Waals surface area (Å²) in [6.45, 7) is 0. The number of hydrogen-bond acceptors (Lipinski definition) is 5. The number of thioether (sulfide) groups is 1. The van der Waals surface area contributed by atoms with Crippen LogP contribution in [0.4, 0.5) is 0 Å². The second-order valence-electron chi connectivity index (χ2n) is 5.50. The van der Waals surface area contributed by atoms with Crippen LogP contribution in [0.25, 0.3) is 0 Å². The highest BCUT2D eigenvalue weighted by Gasteiger charge is 2.40. The largest absolute Gasteiger partial charge is 0.297 e. The molecule has 1 aromatic heterocycles. The van der Waals surface area contributed by atoms with E-state index in [-0.39, 0.29) is 5.54 Å². The van der Waals surface area contributed by atoms with E-state index in [1.807, 2.05) is 6.07 Å². The van der Waals surface area contributed by atoms with Gasteiger partial charge in [0.25, 0.3) is 0 Å². The first-order valence-corrected chi connectivity index (χ1v) is 7.79. The van der Waals surface area contributed by atoms with Gasteiger partial charge in [-0.3, -0.25) is 5.32 Å². The minimum absolute atomic E-state index is 0.301. The molecular weight excluding hydrogens is 256 g/mol. The van der Waals surface area contributed by atoms with Crippen LogP contribution in [0.2, 0.25) is 0 Å². The molecule has 1 heterocycles. The van der Waals surface area contributed by atoms with Crippen LogP contribution in [0.3, 0.4) is 0 Å². The van der Waals surface area contributed by atoms with Crippen molar-refractivity contribution < 1.29 is 0 Å². The maximum Gasteiger partial charge on any atom is 0.116 e. The van der Waals surface area contributed by atoms with Crippen LogP contribution in [-0.4, -0.2) is 26.8 Å². The third kappa shape index (κ3) is 3.26. The summed E-state index contributed by atoms with van der Waals surface area (Å²) >= 11 is 1.79. The molecule has 100 valence electrons. The Bertz CT molecular complexity index is 468. The zero-order chi connectivity index (χ0) is 13.1. The van der Waals surface area contributed by atoms with Crippen LogP contribution in [0.1, 0.15) is 38.5 Å². The van der Waals surface area contributed by atoms with Crippen LogP contribution in [0.15, 0.2) is 23.6 Å². The summed E-state index contributed by atoms with van der Waals surface area (Å²) in [5.41, 5.74) is -0.301. The molecule has 2 fully saturated rings. The van der Waals surface area contributed by atoms with Gasteiger partial charge in [0.05, 0.1) is 11.1 Å². The lowest BCUT2D eigenvalue weighted by Gasteiger charge is -2.36. The van der Waals surface area contributed by atoms with Gasteiger partial charge in [-0.25, -0.2) is 9.97 Å². The van der Waals surface area contributed by atoms with Crippen molar-refractivity contribution in [3.05, 3.63) is 18.6 Å². The van der Waals surface area contributed by atoms with E-state index < -0.39 is 0 Å². The minimum atomic E-state index is -0.301. The van der Waals surface area contributed by atoms with Crippen molar-refractivity contribution in [1.82, 2.24) is 15.3 Å². The van der Waals surface area contributed by atoms with E-state index in [1.165, 1.54) is 19.3 Å². The average Bonchev–Trinajstić information content (AvgIpc) is 3.24. The molecule has 0 aliphatic heterocycles. The molecule has 2 atom stereocenters. The van der Waals surface area contributed by atoms with Gasteiger partial charge in [-0.15, -0.1) is 11.8 Å². The van der Waals surface area contributed by atoms with Gasteiger partial charge >= 0.3 is 0 Å². The molecule has 19 heavy (non-hydrogen) atoms. The van der Waals surface area contributed by atoms with Gasteiger partial charge in [-0.1, -0.05) is 0 Å². The maximum absolute atomic E-state index is 9.55. The van der Waals surface area contributed by atoms with E-state index in [4.69, 9.17) is 0 Å². The number of aromatic nitrogens is 2. The van der Waals surface area contributed by atoms with Crippen molar-refractivity contribution >= 4 is 11.8 Å². The molecule has 1 aromatic rings. The molecule has 2 aliphatic rings. The first kappa shape index (κ1) is 12.9. The first-order chi connectivity index (χ1) is 9.30. The predicted molar refractivity (Wildman–Crippen MR) is 74.6 cm³/mol. The van der Waals surface area contributed by atoms with Crippen LogP contribution in [-0.2, 0) is 0 Å². The summed E-state index contributed by atoms with van der Waals surface area (Å²) in [5.74, 6) is 0. The standard InChI is InChI=1S/C14H18N4S/c15-9-14(18-11-3-4-11)6-1-2-12(8-14)19-13-5-7-16-10-17-13/h5,7,10-12,18H,1-4,6,8H2. The number of nitrogens with zero attached hydrogens (tertiary/aromatic N) is 3. The molecular formula is C14H18N4S. The molecule has 2 aliphatic carbocycles. The number of hydrogen-bond donors (Lipinski definition) is 1. The smallest absolute Gasteiger partial charge is 0.116 e. The summed E-state index contributed by atoms with van der Waals surface area (Å²) < 4.78 is 0. The SMILES string of the molecule is N#CC1(NC2CC2)CCCC(Sc2ccncn2)C1. The summed E-state index contributed by atoms with van der Waals surface area (Å²) in [5, 5.41) is 14.6. The Morgan fingerprint density at radius 2 is 2.32 bits per heavy atom. The molecule has 4 nitrogen and oxygen atoms in total. The van der Waals surface area contributed by atoms with Gasteiger partial charge in [0.2, 0.25) is 0 Å². The topological polar surface area (TPSA) is 61.6 Å². The van der Waals surface area contributed by atoms with Crippen LogP contribution in [0.5, 0.6) is 0 Å². The molecule has 0 bridgehead atoms. The highest BCUT2D eigenvalue weighted by molar-refractivity contribution is 7.99. The Kier molecular flexibility index (Phi) is 3.72. The Labute approximate surface area is 118 Å². The van der Waals surface area contributed by atoms with Crippen LogP contribution < -0.4 is 5.32 Å². The quantitative estimate of drug-likeness (QED) is 0.855. The zero-order valence-corrected chi connectivity index (χ0v) is 11.7. The fraction of sp³-hybridized carbons (Fsp3) is 0.643. The Morgan fingerprint density at radius 1 is 1.42 bits per heavy atom. The molecule has 5 heteroatoms. The van der Waals surface area contributed by atoms with Gasteiger partial charge in [-0.2, -0.15) is 5.26 Å². The van der Waals surface area contributed by atoms with Gasteiger partial charge in [0.1, 0.15) is 11.9 Å². The lowest BCUT2D eigenvalue weighted by molar-refractivity contribution is 0.301. The van der Waals surface area contributed by atoms with Crippen molar-refractivity contribution in [2.24, 2.45) is 0 Å². The van der Waals surface area contributed by atoms with Crippen molar-refractivity contribution in [2.75, 3.05) is 0 Å². The van der Waals surface area contributed by atoms with E-state index in [1.54, 1.807) is 24.3 Å². The molecule has 2 saturated carbocycles. The molecule has 0 amide bonds. The predicted octanol–water partition coefficient (Wildman–Crippen LogP) is 2.53. The first-order valence-electron chi connectivity index (χ1n) is 6.91. The summed E-state index contributed by atoms with van der Waals surface area (Å²) in [6, 6.07) is 5.08. The van der Waals surface area contributed by atoms with E-state index in [0.717, 1.165) is 24.3 Å². The van der Waals surface area contributed by atoms with Gasteiger partial charge in [0, 0.05) is 17.5 Å². The lowest BCUT2D eigenvalue weighted by Crippen LogP contribution is -2.49. The van der Waals surface area contributed by atoms with Crippen LogP contribution in [0, 0.1) is 11.3 Å². The van der Waals surface area contributed by atoms with Crippen molar-refractivity contribution in [3.63, 3.8) is 0 Å². The highest BCUT2D eigenvalue weighted by Crippen LogP contribution is 2.39. The molecule has 3 rings (SSSR count). The monoisotopic (exact) mass is 274 g/mol. The average molecular weight is 274 g/mol. The van der Waals surface area contributed by atoms with Gasteiger partial charge in [0.15, 0.2) is 0 Å². The Morgan fingerprint density at radius 3 is 3.00 bits per heavy atom. The molecule has 0 aromatic carbocycles.